The molecule has 5 nitrogen and oxygen atoms in total. The minimum Gasteiger partial charge on any atom is -0.494 e. The topological polar surface area (TPSA) is 72.8 Å². The molecule has 3 atom stereocenters. The summed E-state index contributed by atoms with van der Waals surface area (Å²) in [6.07, 6.45) is 13.5. The molecule has 0 saturated heterocycles. The number of halogens is 1. The molecule has 0 aliphatic heterocycles. The van der Waals surface area contributed by atoms with Crippen molar-refractivity contribution >= 4 is 11.8 Å². The monoisotopic (exact) mass is 578 g/mol. The number of aliphatic carboxylic acids is 1. The van der Waals surface area contributed by atoms with Gasteiger partial charge in [0.1, 0.15) is 11.6 Å². The Morgan fingerprint density at radius 1 is 0.929 bits per heavy atom. The largest absolute Gasteiger partial charge is 0.494 e. The smallest absolute Gasteiger partial charge is 0.325 e. The lowest BCUT2D eigenvalue weighted by atomic mass is 9.71. The van der Waals surface area contributed by atoms with E-state index in [1.54, 1.807) is 31.2 Å². The predicted octanol–water partition coefficient (Wildman–Crippen LogP) is 8.98. The molecule has 1 aliphatic carbocycles. The summed E-state index contributed by atoms with van der Waals surface area (Å²) in [6, 6.07) is 13.9. The van der Waals surface area contributed by atoms with Crippen LogP contribution in [-0.4, -0.2) is 36.2 Å². The third-order valence-corrected chi connectivity index (χ3v) is 7.94. The van der Waals surface area contributed by atoms with Crippen LogP contribution in [0.1, 0.15) is 106 Å². The van der Waals surface area contributed by atoms with Crippen LogP contribution >= 0.6 is 0 Å². The van der Waals surface area contributed by atoms with Crippen LogP contribution in [0.3, 0.4) is 0 Å². The van der Waals surface area contributed by atoms with E-state index < -0.39 is 29.0 Å². The number of benzene rings is 2. The first-order valence-corrected chi connectivity index (χ1v) is 15.5. The Bertz CT molecular complexity index is 1220. The molecule has 1 aliphatic rings. The first-order chi connectivity index (χ1) is 20.2. The molecule has 1 N–H and O–H groups in total. The fourth-order valence-corrected chi connectivity index (χ4v) is 5.34. The van der Waals surface area contributed by atoms with E-state index in [-0.39, 0.29) is 23.0 Å². The van der Waals surface area contributed by atoms with Crippen LogP contribution in [0.2, 0.25) is 0 Å². The Morgan fingerprint density at radius 3 is 2.24 bits per heavy atom. The summed E-state index contributed by atoms with van der Waals surface area (Å²) < 4.78 is 27.5. The average Bonchev–Trinajstić information content (AvgIpc) is 2.98. The number of allylic oxidation sites excluding steroid dienone is 2. The minimum atomic E-state index is -2.07. The number of hydrogen-bond acceptors (Lipinski definition) is 4. The molecule has 0 spiro atoms. The molecule has 0 fully saturated rings. The van der Waals surface area contributed by atoms with Gasteiger partial charge in [-0.15, -0.1) is 0 Å². The predicted molar refractivity (Wildman–Crippen MR) is 166 cm³/mol. The molecular formula is C36H47FO5. The Kier molecular flexibility index (Phi) is 13.0. The summed E-state index contributed by atoms with van der Waals surface area (Å²) in [7, 11) is 0. The van der Waals surface area contributed by atoms with Gasteiger partial charge in [-0.1, -0.05) is 101 Å². The fourth-order valence-electron chi connectivity index (χ4n) is 5.34. The van der Waals surface area contributed by atoms with E-state index in [0.29, 0.717) is 19.6 Å². The van der Waals surface area contributed by atoms with Crippen LogP contribution < -0.4 is 4.74 Å². The van der Waals surface area contributed by atoms with Gasteiger partial charge in [-0.3, -0.25) is 9.59 Å². The molecule has 0 aromatic heterocycles. The highest BCUT2D eigenvalue weighted by atomic mass is 19.1. The number of hydrogen-bond donors (Lipinski definition) is 1. The zero-order valence-electron chi connectivity index (χ0n) is 25.6. The molecule has 2 aromatic carbocycles. The number of carboxylic acid groups (broad SMARTS) is 1. The Hall–Kier alpha value is -3.25. The number of ether oxygens (including phenoxy) is 2. The van der Waals surface area contributed by atoms with Gasteiger partial charge in [0.15, 0.2) is 11.2 Å². The van der Waals surface area contributed by atoms with Gasteiger partial charge in [0.05, 0.1) is 12.7 Å². The molecule has 0 saturated carbocycles. The molecule has 0 radical (unpaired) electrons. The van der Waals surface area contributed by atoms with Gasteiger partial charge < -0.3 is 14.6 Å². The Morgan fingerprint density at radius 2 is 1.60 bits per heavy atom. The molecular weight excluding hydrogens is 531 g/mol. The summed E-state index contributed by atoms with van der Waals surface area (Å²) in [5.41, 5.74) is -0.897. The van der Waals surface area contributed by atoms with Gasteiger partial charge in [-0.05, 0) is 56.0 Å². The lowest BCUT2D eigenvalue weighted by molar-refractivity contribution is -0.141. The molecule has 0 bridgehead atoms. The number of rotatable bonds is 18. The molecule has 228 valence electrons. The van der Waals surface area contributed by atoms with Crippen LogP contribution in [0.4, 0.5) is 4.39 Å². The van der Waals surface area contributed by atoms with Gasteiger partial charge in [-0.25, -0.2) is 4.39 Å². The average molecular weight is 579 g/mol. The number of carboxylic acids is 1. The number of carbonyl (C=O) groups is 2. The van der Waals surface area contributed by atoms with Crippen LogP contribution in [0.15, 0.2) is 72.6 Å². The molecule has 2 aromatic rings. The van der Waals surface area contributed by atoms with Gasteiger partial charge in [-0.2, -0.15) is 0 Å². The zero-order valence-corrected chi connectivity index (χ0v) is 25.6. The van der Waals surface area contributed by atoms with Crippen molar-refractivity contribution in [1.82, 2.24) is 0 Å². The van der Waals surface area contributed by atoms with Crippen molar-refractivity contribution in [2.24, 2.45) is 5.92 Å². The second kappa shape index (κ2) is 16.4. The third-order valence-electron chi connectivity index (χ3n) is 7.94. The highest BCUT2D eigenvalue weighted by Gasteiger charge is 2.47. The minimum absolute atomic E-state index is 0.0491. The molecule has 0 heterocycles. The lowest BCUT2D eigenvalue weighted by Gasteiger charge is -2.31. The van der Waals surface area contributed by atoms with Crippen molar-refractivity contribution < 1.29 is 28.6 Å². The normalized spacial score (nSPS) is 19.0. The molecule has 3 rings (SSSR count). The van der Waals surface area contributed by atoms with Gasteiger partial charge in [0.25, 0.3) is 0 Å². The van der Waals surface area contributed by atoms with Crippen LogP contribution in [0.25, 0.3) is 0 Å². The fraction of sp³-hybridized carbons (Fsp3) is 0.500. The highest BCUT2D eigenvalue weighted by molar-refractivity contribution is 6.02. The number of carbonyl (C=O) groups excluding carboxylic acids is 1. The Balaban J connectivity index is 1.70. The van der Waals surface area contributed by atoms with Crippen molar-refractivity contribution in [3.63, 3.8) is 0 Å². The maximum absolute atomic E-state index is 16.0. The summed E-state index contributed by atoms with van der Waals surface area (Å²) in [6.45, 7) is 8.94. The molecule has 42 heavy (non-hydrogen) atoms. The summed E-state index contributed by atoms with van der Waals surface area (Å²) in [5.74, 6) is -2.49. The molecule has 0 amide bonds. The van der Waals surface area contributed by atoms with E-state index >= 15 is 4.39 Å². The van der Waals surface area contributed by atoms with Crippen molar-refractivity contribution in [3.8, 4) is 5.75 Å². The second-order valence-electron chi connectivity index (χ2n) is 11.6. The standard InChI is InChI=1S/C36H47FO5/c1-5-6-7-8-9-10-13-23-42-30-18-16-28(17-19-30)29-20-22-36(35(39)40,33(37)25-29)32-15-12-11-14-31(32)34(38)27(4)21-24-41-26(2)3/h11-12,14-20,22,25-27,29H,5-10,13,21,23-24H2,1-4H3,(H,39,40). The van der Waals surface area contributed by atoms with Gasteiger partial charge in [0, 0.05) is 24.0 Å². The van der Waals surface area contributed by atoms with Crippen molar-refractivity contribution in [3.05, 3.63) is 89.3 Å². The van der Waals surface area contributed by atoms with E-state index in [0.717, 1.165) is 24.2 Å². The highest BCUT2D eigenvalue weighted by Crippen LogP contribution is 2.43. The van der Waals surface area contributed by atoms with Crippen molar-refractivity contribution in [2.75, 3.05) is 13.2 Å². The van der Waals surface area contributed by atoms with E-state index in [1.807, 2.05) is 38.1 Å². The van der Waals surface area contributed by atoms with E-state index in [4.69, 9.17) is 9.47 Å². The van der Waals surface area contributed by atoms with E-state index in [1.165, 1.54) is 50.3 Å². The first kappa shape index (κ1) is 33.3. The first-order valence-electron chi connectivity index (χ1n) is 15.5. The van der Waals surface area contributed by atoms with E-state index in [9.17, 15) is 14.7 Å². The maximum Gasteiger partial charge on any atom is 0.325 e. The van der Waals surface area contributed by atoms with Crippen LogP contribution in [0.5, 0.6) is 5.75 Å². The SMILES string of the molecule is CCCCCCCCCOc1ccc(C2C=CC(C(=O)O)(c3ccccc3C(=O)C(C)CCOC(C)C)C(F)=C2)cc1. The summed E-state index contributed by atoms with van der Waals surface area (Å²) >= 11 is 0. The quantitative estimate of drug-likeness (QED) is 0.109. The second-order valence-corrected chi connectivity index (χ2v) is 11.6. The van der Waals surface area contributed by atoms with Crippen LogP contribution in [0, 0.1) is 5.92 Å². The molecule has 3 unspecified atom stereocenters. The van der Waals surface area contributed by atoms with Crippen molar-refractivity contribution in [1.29, 1.82) is 0 Å². The maximum atomic E-state index is 16.0. The third kappa shape index (κ3) is 8.64. The van der Waals surface area contributed by atoms with Crippen molar-refractivity contribution in [2.45, 2.75) is 96.5 Å². The number of ketones is 1. The summed E-state index contributed by atoms with van der Waals surface area (Å²) in [4.78, 5) is 26.1. The summed E-state index contributed by atoms with van der Waals surface area (Å²) in [5, 5.41) is 10.3. The lowest BCUT2D eigenvalue weighted by Crippen LogP contribution is -2.38. The van der Waals surface area contributed by atoms with E-state index in [2.05, 4.69) is 6.92 Å². The number of Topliss-reactive ketones (excluding diaryl/α,β-unsaturated/α-hetero) is 1. The zero-order chi connectivity index (χ0) is 30.5. The number of unbranched alkanes of at least 4 members (excludes halogenated alkanes) is 6. The van der Waals surface area contributed by atoms with Gasteiger partial charge >= 0.3 is 5.97 Å². The van der Waals surface area contributed by atoms with Crippen LogP contribution in [-0.2, 0) is 14.9 Å². The Labute approximate surface area is 250 Å². The van der Waals surface area contributed by atoms with Gasteiger partial charge in [0.2, 0.25) is 0 Å². The molecule has 6 heteroatoms.